The first kappa shape index (κ1) is 82.8. The van der Waals surface area contributed by atoms with Crippen molar-refractivity contribution in [2.24, 2.45) is 0 Å². The zero-order valence-electron chi connectivity index (χ0n) is 57.4. The highest BCUT2D eigenvalue weighted by Crippen LogP contribution is 2.19. The molecule has 0 radical (unpaired) electrons. The molecule has 0 aromatic carbocycles. The molecule has 1 amide bonds. The smallest absolute Gasteiger partial charge is 0.305 e. The van der Waals surface area contributed by atoms with E-state index in [1.807, 2.05) is 0 Å². The number of unbranched alkanes of at least 4 members (excludes halogenated alkanes) is 53. The van der Waals surface area contributed by atoms with Crippen molar-refractivity contribution < 1.29 is 24.5 Å². The van der Waals surface area contributed by atoms with Gasteiger partial charge in [0.2, 0.25) is 5.91 Å². The van der Waals surface area contributed by atoms with Crippen molar-refractivity contribution in [2.45, 2.75) is 431 Å². The molecule has 85 heavy (non-hydrogen) atoms. The Hall–Kier alpha value is -2.18. The topological polar surface area (TPSA) is 95.9 Å². The number of hydrogen-bond acceptors (Lipinski definition) is 5. The number of carbonyl (C=O) groups is 2. The Labute approximate surface area is 531 Å². The molecule has 0 saturated heterocycles. The minimum Gasteiger partial charge on any atom is -0.466 e. The van der Waals surface area contributed by atoms with Crippen molar-refractivity contribution in [1.82, 2.24) is 5.32 Å². The van der Waals surface area contributed by atoms with E-state index in [-0.39, 0.29) is 18.5 Å². The number of esters is 1. The molecule has 0 fully saturated rings. The predicted octanol–water partition coefficient (Wildman–Crippen LogP) is 25.2. The van der Waals surface area contributed by atoms with Crippen molar-refractivity contribution in [1.29, 1.82) is 0 Å². The Balaban J connectivity index is 3.41. The summed E-state index contributed by atoms with van der Waals surface area (Å²) in [4.78, 5) is 24.7. The van der Waals surface area contributed by atoms with Crippen molar-refractivity contribution in [3.63, 3.8) is 0 Å². The van der Waals surface area contributed by atoms with E-state index in [4.69, 9.17) is 4.74 Å². The number of amides is 1. The van der Waals surface area contributed by atoms with Gasteiger partial charge in [0.05, 0.1) is 25.4 Å². The molecule has 0 rings (SSSR count). The van der Waals surface area contributed by atoms with E-state index in [9.17, 15) is 19.8 Å². The number of carbonyl (C=O) groups excluding carboxylic acids is 2. The van der Waals surface area contributed by atoms with Crippen LogP contribution in [-0.2, 0) is 14.3 Å². The third-order valence-electron chi connectivity index (χ3n) is 17.9. The van der Waals surface area contributed by atoms with E-state index in [2.05, 4.69) is 67.8 Å². The first-order chi connectivity index (χ1) is 42.0. The molecule has 6 nitrogen and oxygen atoms in total. The summed E-state index contributed by atoms with van der Waals surface area (Å²) in [5.41, 5.74) is 0. The molecule has 0 aliphatic carbocycles. The van der Waals surface area contributed by atoms with Gasteiger partial charge in [-0.25, -0.2) is 0 Å². The quantitative estimate of drug-likeness (QED) is 0.0320. The highest BCUT2D eigenvalue weighted by atomic mass is 16.5. The van der Waals surface area contributed by atoms with Crippen molar-refractivity contribution in [2.75, 3.05) is 13.2 Å². The number of ether oxygens (including phenoxy) is 1. The van der Waals surface area contributed by atoms with E-state index in [0.717, 1.165) is 57.8 Å². The molecule has 3 N–H and O–H groups in total. The monoisotopic (exact) mass is 1190 g/mol. The Bertz CT molecular complexity index is 1420. The summed E-state index contributed by atoms with van der Waals surface area (Å²) in [5, 5.41) is 23.5. The maximum absolute atomic E-state index is 12.6. The minimum absolute atomic E-state index is 0.00472. The molecule has 500 valence electrons. The molecule has 2 atom stereocenters. The first-order valence-electron chi connectivity index (χ1n) is 38.4. The van der Waals surface area contributed by atoms with Crippen molar-refractivity contribution >= 4 is 11.9 Å². The van der Waals surface area contributed by atoms with Gasteiger partial charge in [0.1, 0.15) is 0 Å². The van der Waals surface area contributed by atoms with E-state index in [1.54, 1.807) is 0 Å². The fourth-order valence-corrected chi connectivity index (χ4v) is 12.0. The number of aliphatic hydroxyl groups excluding tert-OH is 2. The third kappa shape index (κ3) is 70.8. The van der Waals surface area contributed by atoms with Gasteiger partial charge < -0.3 is 20.3 Å². The van der Waals surface area contributed by atoms with Gasteiger partial charge in [-0.3, -0.25) is 9.59 Å². The second kappa shape index (κ2) is 74.3. The summed E-state index contributed by atoms with van der Waals surface area (Å²) in [6, 6.07) is -0.544. The maximum atomic E-state index is 12.6. The molecular weight excluding hydrogens is 1040 g/mol. The highest BCUT2D eigenvalue weighted by Gasteiger charge is 2.20. The van der Waals surface area contributed by atoms with E-state index in [0.29, 0.717) is 25.9 Å². The van der Waals surface area contributed by atoms with Gasteiger partial charge in [-0.15, -0.1) is 0 Å². The number of aliphatic hydroxyl groups is 2. The van der Waals surface area contributed by atoms with Crippen LogP contribution < -0.4 is 5.32 Å². The van der Waals surface area contributed by atoms with Crippen LogP contribution >= 0.6 is 0 Å². The number of hydrogen-bond donors (Lipinski definition) is 3. The number of nitrogens with one attached hydrogen (secondary N) is 1. The van der Waals surface area contributed by atoms with Gasteiger partial charge in [0, 0.05) is 12.8 Å². The molecule has 0 bridgehead atoms. The second-order valence-corrected chi connectivity index (χ2v) is 26.3. The largest absolute Gasteiger partial charge is 0.466 e. The second-order valence-electron chi connectivity index (χ2n) is 26.3. The van der Waals surface area contributed by atoms with Crippen LogP contribution in [0.15, 0.2) is 48.6 Å². The van der Waals surface area contributed by atoms with Gasteiger partial charge in [-0.05, 0) is 89.9 Å². The van der Waals surface area contributed by atoms with Crippen molar-refractivity contribution in [3.05, 3.63) is 48.6 Å². The first-order valence-corrected chi connectivity index (χ1v) is 38.4. The molecule has 0 aliphatic rings. The van der Waals surface area contributed by atoms with Gasteiger partial charge in [0.25, 0.3) is 0 Å². The summed E-state index contributed by atoms with van der Waals surface area (Å²) >= 11 is 0. The summed E-state index contributed by atoms with van der Waals surface area (Å²) in [6.07, 6.45) is 97.5. The Morgan fingerprint density at radius 2 is 0.588 bits per heavy atom. The zero-order valence-corrected chi connectivity index (χ0v) is 57.4. The third-order valence-corrected chi connectivity index (χ3v) is 17.9. The lowest BCUT2D eigenvalue weighted by Gasteiger charge is -2.22. The van der Waals surface area contributed by atoms with Crippen LogP contribution in [0.3, 0.4) is 0 Å². The van der Waals surface area contributed by atoms with E-state index in [1.165, 1.54) is 327 Å². The fourth-order valence-electron chi connectivity index (χ4n) is 12.0. The molecule has 0 heterocycles. The molecule has 2 unspecified atom stereocenters. The number of rotatable bonds is 72. The van der Waals surface area contributed by atoms with Crippen molar-refractivity contribution in [3.8, 4) is 0 Å². The van der Waals surface area contributed by atoms with E-state index < -0.39 is 12.1 Å². The lowest BCUT2D eigenvalue weighted by Crippen LogP contribution is -2.45. The molecular formula is C79H149NO5. The SMILES string of the molecule is CCCCC/C=C\C/C=C\CCCCCCCCCC(=O)OCCCCCCCCCCC/C=C\C/C=C\CCCCCCCCCCCCCCCC(=O)NC(CO)C(O)CCCCCCCCCCCCCCCCCCCCCCCC. The van der Waals surface area contributed by atoms with Crippen LogP contribution in [0.2, 0.25) is 0 Å². The maximum Gasteiger partial charge on any atom is 0.305 e. The highest BCUT2D eigenvalue weighted by molar-refractivity contribution is 5.76. The van der Waals surface area contributed by atoms with Crippen LogP contribution in [0.25, 0.3) is 0 Å². The summed E-state index contributed by atoms with van der Waals surface area (Å²) in [6.45, 7) is 4.96. The average molecular weight is 1190 g/mol. The Kier molecular flexibility index (Phi) is 72.4. The summed E-state index contributed by atoms with van der Waals surface area (Å²) in [7, 11) is 0. The van der Waals surface area contributed by atoms with Crippen LogP contribution in [0.5, 0.6) is 0 Å². The minimum atomic E-state index is -0.667. The van der Waals surface area contributed by atoms with Crippen LogP contribution in [-0.4, -0.2) is 47.4 Å². The van der Waals surface area contributed by atoms with Crippen LogP contribution in [0, 0.1) is 0 Å². The predicted molar refractivity (Wildman–Crippen MR) is 375 cm³/mol. The summed E-state index contributed by atoms with van der Waals surface area (Å²) < 4.78 is 5.50. The van der Waals surface area contributed by atoms with Crippen LogP contribution in [0.1, 0.15) is 418 Å². The average Bonchev–Trinajstić information content (AvgIpc) is 3.51. The normalized spacial score (nSPS) is 12.8. The molecule has 0 aromatic heterocycles. The lowest BCUT2D eigenvalue weighted by molar-refractivity contribution is -0.143. The fraction of sp³-hybridized carbons (Fsp3) is 0.873. The molecule has 0 saturated carbocycles. The zero-order chi connectivity index (χ0) is 61.3. The summed E-state index contributed by atoms with van der Waals surface area (Å²) in [5.74, 6) is -0.0270. The van der Waals surface area contributed by atoms with Gasteiger partial charge in [-0.1, -0.05) is 364 Å². The van der Waals surface area contributed by atoms with Crippen LogP contribution in [0.4, 0.5) is 0 Å². The Morgan fingerprint density at radius 3 is 0.918 bits per heavy atom. The Morgan fingerprint density at radius 1 is 0.329 bits per heavy atom. The molecule has 0 aromatic rings. The standard InChI is InChI=1S/C79H149NO5/c1-3-5-7-9-11-13-15-17-19-21-22-23-33-36-40-43-47-51-55-59-63-67-71-77(82)76(75-81)80-78(83)72-68-64-60-56-52-48-44-41-37-34-31-29-27-25-24-26-28-30-32-35-38-42-46-50-54-58-62-66-70-74-85-79(84)73-69-65-61-57-53-49-45-39-20-18-16-14-12-10-8-6-4-2/h12,14,18,20,24,26,30,32,76-77,81-82H,3-11,13,15-17,19,21-23,25,27-29,31,33-75H2,1-2H3,(H,80,83)/b14-12-,20-18-,26-24-,32-30-. The van der Waals surface area contributed by atoms with Gasteiger partial charge in [-0.2, -0.15) is 0 Å². The molecule has 6 heteroatoms. The van der Waals surface area contributed by atoms with Gasteiger partial charge in [0.15, 0.2) is 0 Å². The van der Waals surface area contributed by atoms with Gasteiger partial charge >= 0.3 is 5.97 Å². The van der Waals surface area contributed by atoms with E-state index >= 15 is 0 Å². The lowest BCUT2D eigenvalue weighted by atomic mass is 10.0. The number of allylic oxidation sites excluding steroid dienone is 8. The molecule has 0 spiro atoms. The molecule has 0 aliphatic heterocycles.